The molecule has 0 saturated heterocycles. The van der Waals surface area contributed by atoms with Crippen LogP contribution in [0.15, 0.2) is 25.0 Å². The van der Waals surface area contributed by atoms with Crippen LogP contribution in [0.5, 0.6) is 0 Å². The first-order valence-corrected chi connectivity index (χ1v) is 4.63. The van der Waals surface area contributed by atoms with Gasteiger partial charge < -0.3 is 0 Å². The summed E-state index contributed by atoms with van der Waals surface area (Å²) in [4.78, 5) is 8.29. The zero-order chi connectivity index (χ0) is 10.1. The van der Waals surface area contributed by atoms with Gasteiger partial charge in [-0.3, -0.25) is 4.98 Å². The van der Waals surface area contributed by atoms with Gasteiger partial charge in [0.25, 0.3) is 0 Å². The predicted molar refractivity (Wildman–Crippen MR) is 59.4 cm³/mol. The van der Waals surface area contributed by atoms with Gasteiger partial charge in [-0.15, -0.1) is 0 Å². The van der Waals surface area contributed by atoms with E-state index in [2.05, 4.69) is 16.5 Å². The third kappa shape index (κ3) is 1.38. The standard InChI is InChI=1S/C11H9ClN2/c1-3-8-5-13-7(2)10-6-14-11(12)4-9(8)10/h3-6H,1H2,2H3. The molecule has 0 fully saturated rings. The fourth-order valence-electron chi connectivity index (χ4n) is 1.43. The highest BCUT2D eigenvalue weighted by Gasteiger charge is 2.03. The number of halogens is 1. The van der Waals surface area contributed by atoms with Gasteiger partial charge in [-0.1, -0.05) is 24.3 Å². The van der Waals surface area contributed by atoms with Gasteiger partial charge in [0.05, 0.1) is 0 Å². The molecule has 0 aliphatic rings. The van der Waals surface area contributed by atoms with Crippen molar-refractivity contribution in [2.45, 2.75) is 6.92 Å². The molecular formula is C11H9ClN2. The number of hydrogen-bond donors (Lipinski definition) is 0. The van der Waals surface area contributed by atoms with Crippen molar-refractivity contribution in [2.24, 2.45) is 0 Å². The average Bonchev–Trinajstić information content (AvgIpc) is 2.18. The zero-order valence-corrected chi connectivity index (χ0v) is 8.54. The Hall–Kier alpha value is -1.41. The highest BCUT2D eigenvalue weighted by atomic mass is 35.5. The van der Waals surface area contributed by atoms with Gasteiger partial charge in [0, 0.05) is 29.0 Å². The summed E-state index contributed by atoms with van der Waals surface area (Å²) in [6.07, 6.45) is 5.30. The quantitative estimate of drug-likeness (QED) is 0.667. The molecule has 0 unspecified atom stereocenters. The lowest BCUT2D eigenvalue weighted by Gasteiger charge is -2.04. The van der Waals surface area contributed by atoms with E-state index in [1.165, 1.54) is 0 Å². The average molecular weight is 205 g/mol. The van der Waals surface area contributed by atoms with Crippen LogP contribution in [0.4, 0.5) is 0 Å². The molecule has 0 aliphatic heterocycles. The molecule has 3 heteroatoms. The molecule has 2 nitrogen and oxygen atoms in total. The fourth-order valence-corrected chi connectivity index (χ4v) is 1.58. The van der Waals surface area contributed by atoms with E-state index < -0.39 is 0 Å². The summed E-state index contributed by atoms with van der Waals surface area (Å²) < 4.78 is 0. The molecule has 0 radical (unpaired) electrons. The lowest BCUT2D eigenvalue weighted by atomic mass is 10.1. The lowest BCUT2D eigenvalue weighted by Crippen LogP contribution is -1.88. The molecule has 0 saturated carbocycles. The van der Waals surface area contributed by atoms with Crippen LogP contribution < -0.4 is 0 Å². The Labute approximate surface area is 87.3 Å². The number of hydrogen-bond acceptors (Lipinski definition) is 2. The number of nitrogens with zero attached hydrogens (tertiary/aromatic N) is 2. The van der Waals surface area contributed by atoms with Crippen LogP contribution in [-0.2, 0) is 0 Å². The molecule has 0 aliphatic carbocycles. The molecule has 0 atom stereocenters. The topological polar surface area (TPSA) is 25.8 Å². The van der Waals surface area contributed by atoms with Crippen LogP contribution in [0.3, 0.4) is 0 Å². The molecular weight excluding hydrogens is 196 g/mol. The van der Waals surface area contributed by atoms with E-state index >= 15 is 0 Å². The van der Waals surface area contributed by atoms with E-state index in [1.54, 1.807) is 18.5 Å². The van der Waals surface area contributed by atoms with Crippen LogP contribution >= 0.6 is 11.6 Å². The number of rotatable bonds is 1. The molecule has 0 aromatic carbocycles. The number of aryl methyl sites for hydroxylation is 1. The second-order valence-electron chi connectivity index (χ2n) is 3.06. The number of fused-ring (bicyclic) bond motifs is 1. The maximum atomic E-state index is 5.83. The first-order valence-electron chi connectivity index (χ1n) is 4.25. The molecule has 0 N–H and O–H groups in total. The van der Waals surface area contributed by atoms with Gasteiger partial charge in [0.1, 0.15) is 5.15 Å². The minimum absolute atomic E-state index is 0.492. The minimum Gasteiger partial charge on any atom is -0.260 e. The van der Waals surface area contributed by atoms with Crippen LogP contribution in [-0.4, -0.2) is 9.97 Å². The molecule has 2 heterocycles. The van der Waals surface area contributed by atoms with Gasteiger partial charge in [-0.25, -0.2) is 4.98 Å². The van der Waals surface area contributed by atoms with E-state index in [0.717, 1.165) is 22.0 Å². The van der Waals surface area contributed by atoms with Gasteiger partial charge >= 0.3 is 0 Å². The van der Waals surface area contributed by atoms with Crippen molar-refractivity contribution in [3.8, 4) is 0 Å². The Morgan fingerprint density at radius 3 is 2.79 bits per heavy atom. The van der Waals surface area contributed by atoms with Gasteiger partial charge in [0.2, 0.25) is 0 Å². The number of aromatic nitrogens is 2. The zero-order valence-electron chi connectivity index (χ0n) is 7.79. The Kier molecular flexibility index (Phi) is 2.22. The molecule has 2 aromatic heterocycles. The maximum absolute atomic E-state index is 5.83. The molecule has 70 valence electrons. The maximum Gasteiger partial charge on any atom is 0.129 e. The second kappa shape index (κ2) is 3.39. The van der Waals surface area contributed by atoms with Crippen LogP contribution in [0, 0.1) is 6.92 Å². The van der Waals surface area contributed by atoms with Gasteiger partial charge in [0.15, 0.2) is 0 Å². The summed E-state index contributed by atoms with van der Waals surface area (Å²) in [6, 6.07) is 1.84. The van der Waals surface area contributed by atoms with Crippen molar-refractivity contribution < 1.29 is 0 Å². The van der Waals surface area contributed by atoms with E-state index in [9.17, 15) is 0 Å². The number of pyridine rings is 2. The smallest absolute Gasteiger partial charge is 0.129 e. The summed E-state index contributed by atoms with van der Waals surface area (Å²) >= 11 is 5.83. The minimum atomic E-state index is 0.492. The first-order chi connectivity index (χ1) is 6.72. The largest absolute Gasteiger partial charge is 0.260 e. The van der Waals surface area contributed by atoms with E-state index in [-0.39, 0.29) is 0 Å². The van der Waals surface area contributed by atoms with E-state index in [1.807, 2.05) is 13.0 Å². The predicted octanol–water partition coefficient (Wildman–Crippen LogP) is 3.23. The highest BCUT2D eigenvalue weighted by molar-refractivity contribution is 6.30. The van der Waals surface area contributed by atoms with Crippen molar-refractivity contribution in [1.82, 2.24) is 9.97 Å². The highest BCUT2D eigenvalue weighted by Crippen LogP contribution is 2.22. The lowest BCUT2D eigenvalue weighted by molar-refractivity contribution is 1.22. The van der Waals surface area contributed by atoms with Crippen LogP contribution in [0.2, 0.25) is 5.15 Å². The van der Waals surface area contributed by atoms with Crippen molar-refractivity contribution in [1.29, 1.82) is 0 Å². The normalized spacial score (nSPS) is 10.4. The van der Waals surface area contributed by atoms with Gasteiger partial charge in [-0.2, -0.15) is 0 Å². The summed E-state index contributed by atoms with van der Waals surface area (Å²) in [6.45, 7) is 5.69. The Bertz CT molecular complexity index is 506. The molecule has 2 rings (SSSR count). The Balaban J connectivity index is 2.92. The summed E-state index contributed by atoms with van der Waals surface area (Å²) in [7, 11) is 0. The van der Waals surface area contributed by atoms with E-state index in [0.29, 0.717) is 5.15 Å². The molecule has 0 amide bonds. The van der Waals surface area contributed by atoms with Crippen LogP contribution in [0.25, 0.3) is 16.8 Å². The SMILES string of the molecule is C=Cc1cnc(C)c2cnc(Cl)cc12. The van der Waals surface area contributed by atoms with Crippen LogP contribution in [0.1, 0.15) is 11.3 Å². The fraction of sp³-hybridized carbons (Fsp3) is 0.0909. The van der Waals surface area contributed by atoms with Gasteiger partial charge in [-0.05, 0) is 18.4 Å². The van der Waals surface area contributed by atoms with E-state index in [4.69, 9.17) is 11.6 Å². The Morgan fingerprint density at radius 2 is 2.07 bits per heavy atom. The summed E-state index contributed by atoms with van der Waals surface area (Å²) in [5, 5.41) is 2.56. The molecule has 2 aromatic rings. The monoisotopic (exact) mass is 204 g/mol. The molecule has 0 bridgehead atoms. The Morgan fingerprint density at radius 1 is 1.29 bits per heavy atom. The third-order valence-electron chi connectivity index (χ3n) is 2.19. The molecule has 0 spiro atoms. The van der Waals surface area contributed by atoms with Crippen molar-refractivity contribution in [3.63, 3.8) is 0 Å². The summed E-state index contributed by atoms with van der Waals surface area (Å²) in [5.41, 5.74) is 1.93. The second-order valence-corrected chi connectivity index (χ2v) is 3.44. The van der Waals surface area contributed by atoms with Crippen molar-refractivity contribution in [2.75, 3.05) is 0 Å². The van der Waals surface area contributed by atoms with Crippen molar-refractivity contribution >= 4 is 28.4 Å². The third-order valence-corrected chi connectivity index (χ3v) is 2.40. The van der Waals surface area contributed by atoms with Crippen molar-refractivity contribution in [3.05, 3.63) is 41.4 Å². The molecule has 14 heavy (non-hydrogen) atoms. The first kappa shape index (κ1) is 9.16. The summed E-state index contributed by atoms with van der Waals surface area (Å²) in [5.74, 6) is 0.